The first kappa shape index (κ1) is 15.9. The molecule has 0 bridgehead atoms. The summed E-state index contributed by atoms with van der Waals surface area (Å²) < 4.78 is 5.62. The Bertz CT molecular complexity index is 290. The predicted octanol–water partition coefficient (Wildman–Crippen LogP) is 0.372. The molecule has 1 rings (SSSR count). The molecular formula is C13H24N2O4. The number of aliphatic carboxylic acids is 1. The van der Waals surface area contributed by atoms with E-state index in [1.54, 1.807) is 6.92 Å². The van der Waals surface area contributed by atoms with Gasteiger partial charge in [-0.25, -0.2) is 0 Å². The molecule has 0 radical (unpaired) electrons. The van der Waals surface area contributed by atoms with E-state index < -0.39 is 11.9 Å². The Labute approximate surface area is 113 Å². The van der Waals surface area contributed by atoms with Crippen molar-refractivity contribution in [2.75, 3.05) is 26.2 Å². The maximum atomic E-state index is 11.5. The van der Waals surface area contributed by atoms with Crippen molar-refractivity contribution in [2.45, 2.75) is 38.7 Å². The van der Waals surface area contributed by atoms with E-state index >= 15 is 0 Å². The van der Waals surface area contributed by atoms with Gasteiger partial charge in [0.2, 0.25) is 5.91 Å². The van der Waals surface area contributed by atoms with Crippen LogP contribution in [0.5, 0.6) is 0 Å². The average molecular weight is 272 g/mol. The number of carbonyl (C=O) groups is 2. The van der Waals surface area contributed by atoms with Crippen molar-refractivity contribution < 1.29 is 19.4 Å². The monoisotopic (exact) mass is 272 g/mol. The van der Waals surface area contributed by atoms with Gasteiger partial charge in [-0.3, -0.25) is 9.59 Å². The van der Waals surface area contributed by atoms with Gasteiger partial charge in [-0.15, -0.1) is 0 Å². The SMILES string of the molecule is CCC(CNC(=O)CCOC1CCNCC1)C(=O)O. The van der Waals surface area contributed by atoms with Gasteiger partial charge >= 0.3 is 5.97 Å². The summed E-state index contributed by atoms with van der Waals surface area (Å²) in [6.07, 6.45) is 3.02. The molecule has 110 valence electrons. The zero-order valence-corrected chi connectivity index (χ0v) is 11.5. The summed E-state index contributed by atoms with van der Waals surface area (Å²) in [4.78, 5) is 22.3. The quantitative estimate of drug-likeness (QED) is 0.594. The minimum Gasteiger partial charge on any atom is -0.481 e. The van der Waals surface area contributed by atoms with Crippen molar-refractivity contribution in [1.82, 2.24) is 10.6 Å². The Hall–Kier alpha value is -1.14. The van der Waals surface area contributed by atoms with Crippen molar-refractivity contribution in [3.05, 3.63) is 0 Å². The number of rotatable bonds is 8. The fourth-order valence-electron chi connectivity index (χ4n) is 2.01. The van der Waals surface area contributed by atoms with Crippen LogP contribution in [0.1, 0.15) is 32.6 Å². The van der Waals surface area contributed by atoms with Crippen molar-refractivity contribution >= 4 is 11.9 Å². The van der Waals surface area contributed by atoms with Gasteiger partial charge in [0, 0.05) is 13.0 Å². The second kappa shape index (κ2) is 8.87. The van der Waals surface area contributed by atoms with Crippen LogP contribution in [0.2, 0.25) is 0 Å². The zero-order valence-electron chi connectivity index (χ0n) is 11.5. The number of carboxylic acids is 1. The number of carboxylic acid groups (broad SMARTS) is 1. The third-order valence-electron chi connectivity index (χ3n) is 3.36. The van der Waals surface area contributed by atoms with Gasteiger partial charge in [0.25, 0.3) is 0 Å². The molecule has 1 saturated heterocycles. The highest BCUT2D eigenvalue weighted by Crippen LogP contribution is 2.07. The summed E-state index contributed by atoms with van der Waals surface area (Å²) in [5.41, 5.74) is 0. The van der Waals surface area contributed by atoms with E-state index in [4.69, 9.17) is 9.84 Å². The second-order valence-electron chi connectivity index (χ2n) is 4.82. The van der Waals surface area contributed by atoms with Crippen LogP contribution in [-0.2, 0) is 14.3 Å². The molecule has 0 spiro atoms. The third-order valence-corrected chi connectivity index (χ3v) is 3.36. The van der Waals surface area contributed by atoms with Crippen LogP contribution in [0, 0.1) is 5.92 Å². The van der Waals surface area contributed by atoms with Gasteiger partial charge in [-0.1, -0.05) is 6.92 Å². The number of piperidine rings is 1. The molecule has 6 nitrogen and oxygen atoms in total. The third kappa shape index (κ3) is 6.54. The van der Waals surface area contributed by atoms with Crippen LogP contribution in [0.3, 0.4) is 0 Å². The van der Waals surface area contributed by atoms with Crippen LogP contribution < -0.4 is 10.6 Å². The summed E-state index contributed by atoms with van der Waals surface area (Å²) in [5.74, 6) is -1.52. The van der Waals surface area contributed by atoms with E-state index in [-0.39, 0.29) is 18.6 Å². The highest BCUT2D eigenvalue weighted by molar-refractivity contribution is 5.77. The molecule has 1 aliphatic rings. The van der Waals surface area contributed by atoms with Gasteiger partial charge in [0.1, 0.15) is 0 Å². The Kier molecular flexibility index (Phi) is 7.43. The van der Waals surface area contributed by atoms with Gasteiger partial charge in [0.05, 0.1) is 18.6 Å². The number of ether oxygens (including phenoxy) is 1. The molecule has 0 aromatic carbocycles. The van der Waals surface area contributed by atoms with Crippen LogP contribution in [0.15, 0.2) is 0 Å². The molecule has 0 aromatic rings. The maximum Gasteiger partial charge on any atom is 0.308 e. The molecule has 19 heavy (non-hydrogen) atoms. The van der Waals surface area contributed by atoms with E-state index in [0.29, 0.717) is 19.4 Å². The van der Waals surface area contributed by atoms with Crippen LogP contribution >= 0.6 is 0 Å². The molecule has 0 saturated carbocycles. The summed E-state index contributed by atoms with van der Waals surface area (Å²) in [5, 5.41) is 14.7. The molecule has 3 N–H and O–H groups in total. The minimum absolute atomic E-state index is 0.145. The van der Waals surface area contributed by atoms with Gasteiger partial charge in [-0.05, 0) is 32.4 Å². The standard InChI is InChI=1S/C13H24N2O4/c1-2-10(13(17)18)9-15-12(16)5-8-19-11-3-6-14-7-4-11/h10-11,14H,2-9H2,1H3,(H,15,16)(H,17,18). The number of nitrogens with one attached hydrogen (secondary N) is 2. The highest BCUT2D eigenvalue weighted by Gasteiger charge is 2.16. The molecule has 1 unspecified atom stereocenters. The lowest BCUT2D eigenvalue weighted by atomic mass is 10.1. The number of carbonyl (C=O) groups excluding carboxylic acids is 1. The van der Waals surface area contributed by atoms with E-state index in [2.05, 4.69) is 10.6 Å². The molecule has 1 heterocycles. The van der Waals surface area contributed by atoms with Crippen LogP contribution in [0.4, 0.5) is 0 Å². The van der Waals surface area contributed by atoms with E-state index in [0.717, 1.165) is 25.9 Å². The zero-order chi connectivity index (χ0) is 14.1. The first-order valence-corrected chi connectivity index (χ1v) is 6.95. The number of amides is 1. The second-order valence-corrected chi connectivity index (χ2v) is 4.82. The predicted molar refractivity (Wildman–Crippen MR) is 70.9 cm³/mol. The minimum atomic E-state index is -0.867. The lowest BCUT2D eigenvalue weighted by Crippen LogP contribution is -2.35. The fourth-order valence-corrected chi connectivity index (χ4v) is 2.01. The maximum absolute atomic E-state index is 11.5. The molecule has 1 atom stereocenters. The molecule has 6 heteroatoms. The molecular weight excluding hydrogens is 248 g/mol. The van der Waals surface area contributed by atoms with Crippen LogP contribution in [0.25, 0.3) is 0 Å². The van der Waals surface area contributed by atoms with Gasteiger partial charge in [-0.2, -0.15) is 0 Å². The van der Waals surface area contributed by atoms with Gasteiger partial charge in [0.15, 0.2) is 0 Å². The summed E-state index contributed by atoms with van der Waals surface area (Å²) in [6, 6.07) is 0. The molecule has 0 aromatic heterocycles. The van der Waals surface area contributed by atoms with E-state index in [1.807, 2.05) is 0 Å². The fraction of sp³-hybridized carbons (Fsp3) is 0.846. The summed E-state index contributed by atoms with van der Waals surface area (Å²) >= 11 is 0. The summed E-state index contributed by atoms with van der Waals surface area (Å²) in [6.45, 7) is 4.32. The van der Waals surface area contributed by atoms with Gasteiger partial charge < -0.3 is 20.5 Å². The molecule has 1 amide bonds. The smallest absolute Gasteiger partial charge is 0.308 e. The lowest BCUT2D eigenvalue weighted by molar-refractivity contribution is -0.141. The first-order valence-electron chi connectivity index (χ1n) is 6.95. The Morgan fingerprint density at radius 3 is 2.68 bits per heavy atom. The Morgan fingerprint density at radius 1 is 1.42 bits per heavy atom. The van der Waals surface area contributed by atoms with Crippen molar-refractivity contribution in [2.24, 2.45) is 5.92 Å². The lowest BCUT2D eigenvalue weighted by Gasteiger charge is -2.22. The van der Waals surface area contributed by atoms with Crippen molar-refractivity contribution in [3.63, 3.8) is 0 Å². The molecule has 1 fully saturated rings. The van der Waals surface area contributed by atoms with E-state index in [1.165, 1.54) is 0 Å². The topological polar surface area (TPSA) is 87.7 Å². The molecule has 0 aliphatic carbocycles. The Morgan fingerprint density at radius 2 is 2.11 bits per heavy atom. The first-order chi connectivity index (χ1) is 9.13. The average Bonchev–Trinajstić information content (AvgIpc) is 2.40. The molecule has 1 aliphatic heterocycles. The van der Waals surface area contributed by atoms with Crippen LogP contribution in [-0.4, -0.2) is 49.3 Å². The number of hydrogen-bond donors (Lipinski definition) is 3. The van der Waals surface area contributed by atoms with Crippen molar-refractivity contribution in [3.8, 4) is 0 Å². The number of hydrogen-bond acceptors (Lipinski definition) is 4. The summed E-state index contributed by atoms with van der Waals surface area (Å²) in [7, 11) is 0. The largest absolute Gasteiger partial charge is 0.481 e. The highest BCUT2D eigenvalue weighted by atomic mass is 16.5. The van der Waals surface area contributed by atoms with Crippen molar-refractivity contribution in [1.29, 1.82) is 0 Å². The Balaban J connectivity index is 2.08. The normalized spacial score (nSPS) is 17.9. The van der Waals surface area contributed by atoms with E-state index in [9.17, 15) is 9.59 Å².